The molecule has 25 heavy (non-hydrogen) atoms. The number of carbonyl (C=O) groups is 2. The van der Waals surface area contributed by atoms with Crippen molar-refractivity contribution in [3.8, 4) is 11.8 Å². The highest BCUT2D eigenvalue weighted by molar-refractivity contribution is 9.10. The van der Waals surface area contributed by atoms with Crippen LogP contribution < -0.4 is 5.32 Å². The predicted molar refractivity (Wildman–Crippen MR) is 95.8 cm³/mol. The molecule has 3 aromatic rings. The number of rotatable bonds is 4. The number of hydrogen-bond donors (Lipinski definition) is 1. The van der Waals surface area contributed by atoms with Crippen molar-refractivity contribution in [3.63, 3.8) is 0 Å². The van der Waals surface area contributed by atoms with Crippen LogP contribution in [0.15, 0.2) is 59.2 Å². The van der Waals surface area contributed by atoms with E-state index in [0.29, 0.717) is 28.8 Å². The molecule has 1 heterocycles. The number of aromatic nitrogens is 2. The predicted octanol–water partition coefficient (Wildman–Crippen LogP) is 3.57. The zero-order chi connectivity index (χ0) is 17.8. The van der Waals surface area contributed by atoms with Crippen molar-refractivity contribution in [2.24, 2.45) is 0 Å². The first-order valence-corrected chi connectivity index (χ1v) is 8.02. The molecule has 0 atom stereocenters. The molecule has 1 amide bonds. The Balaban J connectivity index is 1.92. The zero-order valence-corrected chi connectivity index (χ0v) is 14.4. The van der Waals surface area contributed by atoms with Crippen molar-refractivity contribution < 1.29 is 9.59 Å². The van der Waals surface area contributed by atoms with Crippen LogP contribution in [0, 0.1) is 11.3 Å². The van der Waals surface area contributed by atoms with E-state index in [1.807, 2.05) is 6.07 Å². The lowest BCUT2D eigenvalue weighted by atomic mass is 10.2. The van der Waals surface area contributed by atoms with Crippen molar-refractivity contribution in [2.45, 2.75) is 0 Å². The normalized spacial score (nSPS) is 10.1. The van der Waals surface area contributed by atoms with E-state index in [-0.39, 0.29) is 11.6 Å². The van der Waals surface area contributed by atoms with Gasteiger partial charge in [0.05, 0.1) is 29.2 Å². The minimum Gasteiger partial charge on any atom is -0.319 e. The highest BCUT2D eigenvalue weighted by Crippen LogP contribution is 2.20. The van der Waals surface area contributed by atoms with Gasteiger partial charge in [-0.05, 0) is 42.5 Å². The first-order chi connectivity index (χ1) is 12.1. The van der Waals surface area contributed by atoms with E-state index >= 15 is 0 Å². The summed E-state index contributed by atoms with van der Waals surface area (Å²) < 4.78 is 2.24. The molecule has 0 saturated carbocycles. The van der Waals surface area contributed by atoms with Gasteiger partial charge in [-0.1, -0.05) is 22.0 Å². The third kappa shape index (κ3) is 3.49. The molecular formula is C18H11BrN4O2. The second kappa shape index (κ2) is 7.11. The molecule has 2 aromatic carbocycles. The van der Waals surface area contributed by atoms with Gasteiger partial charge in [0.2, 0.25) is 0 Å². The van der Waals surface area contributed by atoms with Crippen molar-refractivity contribution in [2.75, 3.05) is 5.32 Å². The Kier molecular flexibility index (Phi) is 4.73. The Labute approximate surface area is 151 Å². The van der Waals surface area contributed by atoms with Crippen LogP contribution in [0.4, 0.5) is 5.69 Å². The van der Waals surface area contributed by atoms with Gasteiger partial charge in [-0.3, -0.25) is 9.59 Å². The Morgan fingerprint density at radius 2 is 2.00 bits per heavy atom. The summed E-state index contributed by atoms with van der Waals surface area (Å²) in [6.45, 7) is 0. The Bertz CT molecular complexity index is 987. The first-order valence-electron chi connectivity index (χ1n) is 7.23. The van der Waals surface area contributed by atoms with Crippen LogP contribution in [0.25, 0.3) is 5.69 Å². The SMILES string of the molecule is N#Cc1cccc(-n2ncc(NC(=O)c3ccc(Br)cc3)c2C=O)c1. The fourth-order valence-corrected chi connectivity index (χ4v) is 2.54. The van der Waals surface area contributed by atoms with Gasteiger partial charge in [-0.25, -0.2) is 4.68 Å². The minimum absolute atomic E-state index is 0.195. The third-order valence-corrected chi connectivity index (χ3v) is 4.02. The summed E-state index contributed by atoms with van der Waals surface area (Å²) >= 11 is 3.31. The molecule has 1 N–H and O–H groups in total. The van der Waals surface area contributed by atoms with Gasteiger partial charge in [-0.15, -0.1) is 0 Å². The van der Waals surface area contributed by atoms with E-state index in [9.17, 15) is 9.59 Å². The smallest absolute Gasteiger partial charge is 0.255 e. The highest BCUT2D eigenvalue weighted by atomic mass is 79.9. The van der Waals surface area contributed by atoms with E-state index in [0.717, 1.165) is 4.47 Å². The number of halogens is 1. The van der Waals surface area contributed by atoms with Gasteiger partial charge in [0, 0.05) is 10.0 Å². The standard InChI is InChI=1S/C18H11BrN4O2/c19-14-6-4-13(5-7-14)18(25)22-16-10-21-23(17(16)11-24)15-3-1-2-12(8-15)9-20/h1-8,10-11H,(H,22,25). The first kappa shape index (κ1) is 16.6. The molecule has 0 saturated heterocycles. The molecule has 1 aromatic heterocycles. The molecule has 0 fully saturated rings. The average Bonchev–Trinajstić information content (AvgIpc) is 3.04. The van der Waals surface area contributed by atoms with Gasteiger partial charge in [0.15, 0.2) is 6.29 Å². The number of nitrogens with zero attached hydrogens (tertiary/aromatic N) is 3. The highest BCUT2D eigenvalue weighted by Gasteiger charge is 2.15. The number of benzene rings is 2. The molecule has 6 nitrogen and oxygen atoms in total. The van der Waals surface area contributed by atoms with Crippen LogP contribution in [-0.2, 0) is 0 Å². The fraction of sp³-hybridized carbons (Fsp3) is 0. The van der Waals surface area contributed by atoms with E-state index in [1.165, 1.54) is 10.9 Å². The zero-order valence-electron chi connectivity index (χ0n) is 12.8. The monoisotopic (exact) mass is 394 g/mol. The van der Waals surface area contributed by atoms with E-state index in [4.69, 9.17) is 5.26 Å². The van der Waals surface area contributed by atoms with Crippen LogP contribution in [0.2, 0.25) is 0 Å². The second-order valence-corrected chi connectivity index (χ2v) is 6.01. The average molecular weight is 395 g/mol. The van der Waals surface area contributed by atoms with E-state index < -0.39 is 0 Å². The lowest BCUT2D eigenvalue weighted by Crippen LogP contribution is -2.13. The topological polar surface area (TPSA) is 87.8 Å². The molecule has 0 spiro atoms. The summed E-state index contributed by atoms with van der Waals surface area (Å²) in [5.74, 6) is -0.346. The molecule has 0 radical (unpaired) electrons. The molecule has 122 valence electrons. The minimum atomic E-state index is -0.346. The lowest BCUT2D eigenvalue weighted by Gasteiger charge is -2.06. The summed E-state index contributed by atoms with van der Waals surface area (Å²) in [6.07, 6.45) is 2.02. The van der Waals surface area contributed by atoms with Crippen LogP contribution in [0.3, 0.4) is 0 Å². The number of carbonyl (C=O) groups excluding carboxylic acids is 2. The number of amides is 1. The maximum atomic E-state index is 12.3. The van der Waals surface area contributed by atoms with Crippen molar-refractivity contribution in [3.05, 3.63) is 76.0 Å². The number of aldehydes is 1. The van der Waals surface area contributed by atoms with Crippen LogP contribution >= 0.6 is 15.9 Å². The molecule has 0 unspecified atom stereocenters. The lowest BCUT2D eigenvalue weighted by molar-refractivity contribution is 0.102. The van der Waals surface area contributed by atoms with E-state index in [2.05, 4.69) is 26.3 Å². The molecule has 0 aliphatic rings. The summed E-state index contributed by atoms with van der Waals surface area (Å²) in [4.78, 5) is 23.8. The summed E-state index contributed by atoms with van der Waals surface area (Å²) in [5, 5.41) is 15.8. The van der Waals surface area contributed by atoms with E-state index in [1.54, 1.807) is 48.5 Å². The van der Waals surface area contributed by atoms with Crippen LogP contribution in [-0.4, -0.2) is 22.0 Å². The Morgan fingerprint density at radius 3 is 2.68 bits per heavy atom. The summed E-state index contributed by atoms with van der Waals surface area (Å²) in [7, 11) is 0. The molecule has 7 heteroatoms. The second-order valence-electron chi connectivity index (χ2n) is 5.10. The summed E-state index contributed by atoms with van der Waals surface area (Å²) in [5.41, 5.74) is 1.96. The van der Waals surface area contributed by atoms with Gasteiger partial charge < -0.3 is 5.32 Å². The van der Waals surface area contributed by atoms with Gasteiger partial charge in [0.1, 0.15) is 5.69 Å². The molecule has 3 rings (SSSR count). The third-order valence-electron chi connectivity index (χ3n) is 3.49. The quantitative estimate of drug-likeness (QED) is 0.685. The molecule has 0 aliphatic heterocycles. The van der Waals surface area contributed by atoms with Crippen molar-refractivity contribution >= 4 is 33.8 Å². The molecular weight excluding hydrogens is 384 g/mol. The van der Waals surface area contributed by atoms with Crippen LogP contribution in [0.1, 0.15) is 26.4 Å². The Morgan fingerprint density at radius 1 is 1.24 bits per heavy atom. The molecule has 0 bridgehead atoms. The number of anilines is 1. The maximum Gasteiger partial charge on any atom is 0.255 e. The summed E-state index contributed by atoms with van der Waals surface area (Å²) in [6, 6.07) is 15.6. The van der Waals surface area contributed by atoms with Crippen LogP contribution in [0.5, 0.6) is 0 Å². The fourth-order valence-electron chi connectivity index (χ4n) is 2.28. The number of hydrogen-bond acceptors (Lipinski definition) is 4. The van der Waals surface area contributed by atoms with Gasteiger partial charge in [0.25, 0.3) is 5.91 Å². The number of nitriles is 1. The largest absolute Gasteiger partial charge is 0.319 e. The number of nitrogens with one attached hydrogen (secondary N) is 1. The van der Waals surface area contributed by atoms with Crippen molar-refractivity contribution in [1.82, 2.24) is 9.78 Å². The maximum absolute atomic E-state index is 12.3. The molecule has 0 aliphatic carbocycles. The van der Waals surface area contributed by atoms with Crippen molar-refractivity contribution in [1.29, 1.82) is 5.26 Å². The van der Waals surface area contributed by atoms with Gasteiger partial charge in [-0.2, -0.15) is 10.4 Å². The Hall–Kier alpha value is -3.24. The van der Waals surface area contributed by atoms with Gasteiger partial charge >= 0.3 is 0 Å².